The van der Waals surface area contributed by atoms with E-state index in [4.69, 9.17) is 4.74 Å². The Hall–Kier alpha value is -1.03. The molecule has 1 amide bonds. The topological polar surface area (TPSA) is 29.5 Å². The number of nitrogens with zero attached hydrogens (tertiary/aromatic N) is 1. The number of rotatable bonds is 3. The van der Waals surface area contributed by atoms with Crippen molar-refractivity contribution in [3.8, 4) is 0 Å². The third kappa shape index (κ3) is 4.99. The summed E-state index contributed by atoms with van der Waals surface area (Å²) in [6.45, 7) is 14.6. The van der Waals surface area contributed by atoms with Crippen molar-refractivity contribution in [2.75, 3.05) is 4.90 Å². The Bertz CT molecular complexity index is 632. The van der Waals surface area contributed by atoms with E-state index >= 15 is 0 Å². The van der Waals surface area contributed by atoms with Gasteiger partial charge in [-0.05, 0) is 75.1 Å². The number of carbonyl (C=O) groups excluding carboxylic acids is 1. The van der Waals surface area contributed by atoms with Crippen LogP contribution in [0.3, 0.4) is 0 Å². The maximum atomic E-state index is 13.1. The fourth-order valence-electron chi connectivity index (χ4n) is 3.56. The molecule has 0 saturated heterocycles. The average molecular weight is 410 g/mol. The van der Waals surface area contributed by atoms with Crippen LogP contribution in [0.15, 0.2) is 16.6 Å². The van der Waals surface area contributed by atoms with E-state index in [0.29, 0.717) is 11.8 Å². The number of hydrogen-bond acceptors (Lipinski definition) is 2. The third-order valence-electron chi connectivity index (χ3n) is 4.49. The standard InChI is InChI=1S/C21H32BrNO2/c1-13(2)10-17-9-8-15-11-16(22)12-18(14(3)4)19(15)23(17)20(24)25-21(5,6)7/h11-14,17H,8-10H2,1-7H3. The van der Waals surface area contributed by atoms with Crippen LogP contribution in [-0.2, 0) is 11.2 Å². The molecule has 1 heterocycles. The van der Waals surface area contributed by atoms with Crippen molar-refractivity contribution in [1.29, 1.82) is 0 Å². The van der Waals surface area contributed by atoms with Crippen LogP contribution in [0.4, 0.5) is 10.5 Å². The van der Waals surface area contributed by atoms with Crippen LogP contribution < -0.4 is 4.90 Å². The molecular formula is C21H32BrNO2. The van der Waals surface area contributed by atoms with Gasteiger partial charge in [0, 0.05) is 10.5 Å². The normalized spacial score (nSPS) is 17.8. The van der Waals surface area contributed by atoms with Crippen molar-refractivity contribution in [3.05, 3.63) is 27.7 Å². The lowest BCUT2D eigenvalue weighted by molar-refractivity contribution is 0.0556. The van der Waals surface area contributed by atoms with E-state index in [1.165, 1.54) is 11.1 Å². The average Bonchev–Trinajstić information content (AvgIpc) is 2.43. The lowest BCUT2D eigenvalue weighted by Crippen LogP contribution is -2.47. The second kappa shape index (κ2) is 7.69. The minimum Gasteiger partial charge on any atom is -0.443 e. The Balaban J connectivity index is 2.55. The number of carbonyl (C=O) groups is 1. The SMILES string of the molecule is CC(C)CC1CCc2cc(Br)cc(C(C)C)c2N1C(=O)OC(C)(C)C. The molecule has 1 aliphatic heterocycles. The predicted octanol–water partition coefficient (Wildman–Crippen LogP) is 6.67. The summed E-state index contributed by atoms with van der Waals surface area (Å²) in [7, 11) is 0. The molecule has 3 nitrogen and oxygen atoms in total. The number of halogens is 1. The smallest absolute Gasteiger partial charge is 0.415 e. The van der Waals surface area contributed by atoms with Gasteiger partial charge in [0.05, 0.1) is 5.69 Å². The molecule has 4 heteroatoms. The molecule has 1 atom stereocenters. The molecule has 1 aromatic carbocycles. The van der Waals surface area contributed by atoms with Crippen molar-refractivity contribution >= 4 is 27.7 Å². The minimum atomic E-state index is -0.496. The van der Waals surface area contributed by atoms with Crippen LogP contribution in [0.2, 0.25) is 0 Å². The highest BCUT2D eigenvalue weighted by atomic mass is 79.9. The molecule has 0 saturated carbocycles. The van der Waals surface area contributed by atoms with Crippen LogP contribution in [0.1, 0.15) is 78.4 Å². The quantitative estimate of drug-likeness (QED) is 0.557. The zero-order chi connectivity index (χ0) is 18.9. The highest BCUT2D eigenvalue weighted by molar-refractivity contribution is 9.10. The first-order chi connectivity index (χ1) is 11.5. The summed E-state index contributed by atoms with van der Waals surface area (Å²) in [6.07, 6.45) is 2.76. The van der Waals surface area contributed by atoms with Crippen molar-refractivity contribution < 1.29 is 9.53 Å². The van der Waals surface area contributed by atoms with Gasteiger partial charge in [0.15, 0.2) is 0 Å². The van der Waals surface area contributed by atoms with E-state index in [9.17, 15) is 4.79 Å². The molecule has 1 unspecified atom stereocenters. The maximum Gasteiger partial charge on any atom is 0.415 e. The Morgan fingerprint density at radius 1 is 1.28 bits per heavy atom. The Labute approximate surface area is 161 Å². The molecule has 2 rings (SSSR count). The number of amides is 1. The van der Waals surface area contributed by atoms with E-state index in [2.05, 4.69) is 55.8 Å². The van der Waals surface area contributed by atoms with Gasteiger partial charge < -0.3 is 4.74 Å². The molecular weight excluding hydrogens is 378 g/mol. The van der Waals surface area contributed by atoms with Crippen LogP contribution in [0, 0.1) is 5.92 Å². The molecule has 0 aromatic heterocycles. The van der Waals surface area contributed by atoms with Crippen molar-refractivity contribution in [2.24, 2.45) is 5.92 Å². The second-order valence-electron chi connectivity index (χ2n) is 8.83. The summed E-state index contributed by atoms with van der Waals surface area (Å²) in [5.74, 6) is 0.878. The molecule has 1 aromatic rings. The predicted molar refractivity (Wildman–Crippen MR) is 109 cm³/mol. The largest absolute Gasteiger partial charge is 0.443 e. The van der Waals surface area contributed by atoms with Crippen LogP contribution in [0.25, 0.3) is 0 Å². The van der Waals surface area contributed by atoms with Gasteiger partial charge in [0.1, 0.15) is 5.60 Å². The van der Waals surface area contributed by atoms with Crippen molar-refractivity contribution in [3.63, 3.8) is 0 Å². The van der Waals surface area contributed by atoms with Crippen molar-refractivity contribution in [2.45, 2.75) is 85.3 Å². The number of aryl methyl sites for hydroxylation is 1. The van der Waals surface area contributed by atoms with Gasteiger partial charge in [-0.2, -0.15) is 0 Å². The van der Waals surface area contributed by atoms with Gasteiger partial charge in [0.2, 0.25) is 0 Å². The summed E-state index contributed by atoms with van der Waals surface area (Å²) >= 11 is 3.64. The highest BCUT2D eigenvalue weighted by Crippen LogP contribution is 2.41. The Morgan fingerprint density at radius 2 is 1.92 bits per heavy atom. The number of ether oxygens (including phenoxy) is 1. The number of benzene rings is 1. The fourth-order valence-corrected chi connectivity index (χ4v) is 4.08. The zero-order valence-electron chi connectivity index (χ0n) is 16.6. The van der Waals surface area contributed by atoms with E-state index in [0.717, 1.165) is 29.4 Å². The van der Waals surface area contributed by atoms with E-state index < -0.39 is 5.60 Å². The van der Waals surface area contributed by atoms with E-state index in [-0.39, 0.29) is 12.1 Å². The monoisotopic (exact) mass is 409 g/mol. The van der Waals surface area contributed by atoms with Gasteiger partial charge in [-0.1, -0.05) is 43.6 Å². The maximum absolute atomic E-state index is 13.1. The first kappa shape index (κ1) is 20.3. The highest BCUT2D eigenvalue weighted by Gasteiger charge is 2.36. The zero-order valence-corrected chi connectivity index (χ0v) is 18.2. The summed E-state index contributed by atoms with van der Waals surface area (Å²) in [5, 5.41) is 0. The molecule has 140 valence electrons. The summed E-state index contributed by atoms with van der Waals surface area (Å²) in [6, 6.07) is 4.50. The first-order valence-corrected chi connectivity index (χ1v) is 10.1. The molecule has 0 radical (unpaired) electrons. The minimum absolute atomic E-state index is 0.195. The molecule has 0 N–H and O–H groups in total. The lowest BCUT2D eigenvalue weighted by atomic mass is 9.87. The summed E-state index contributed by atoms with van der Waals surface area (Å²) < 4.78 is 6.87. The third-order valence-corrected chi connectivity index (χ3v) is 4.95. The van der Waals surface area contributed by atoms with Gasteiger partial charge in [-0.15, -0.1) is 0 Å². The van der Waals surface area contributed by atoms with Crippen molar-refractivity contribution in [1.82, 2.24) is 0 Å². The molecule has 1 aliphatic rings. The number of hydrogen-bond donors (Lipinski definition) is 0. The molecule has 0 bridgehead atoms. The number of fused-ring (bicyclic) bond motifs is 1. The van der Waals surface area contributed by atoms with Crippen LogP contribution in [-0.4, -0.2) is 17.7 Å². The Kier molecular flexibility index (Phi) is 6.24. The molecule has 0 aliphatic carbocycles. The van der Waals surface area contributed by atoms with Gasteiger partial charge in [0.25, 0.3) is 0 Å². The summed E-state index contributed by atoms with van der Waals surface area (Å²) in [5.41, 5.74) is 3.03. The Morgan fingerprint density at radius 3 is 2.44 bits per heavy atom. The van der Waals surface area contributed by atoms with Gasteiger partial charge in [-0.3, -0.25) is 4.90 Å². The van der Waals surface area contributed by atoms with Crippen LogP contribution in [0.5, 0.6) is 0 Å². The van der Waals surface area contributed by atoms with Gasteiger partial charge >= 0.3 is 6.09 Å². The number of anilines is 1. The first-order valence-electron chi connectivity index (χ1n) is 9.34. The van der Waals surface area contributed by atoms with Gasteiger partial charge in [-0.25, -0.2) is 4.79 Å². The summed E-state index contributed by atoms with van der Waals surface area (Å²) in [4.78, 5) is 15.1. The lowest BCUT2D eigenvalue weighted by Gasteiger charge is -2.40. The van der Waals surface area contributed by atoms with E-state index in [1.54, 1.807) is 0 Å². The van der Waals surface area contributed by atoms with Crippen LogP contribution >= 0.6 is 15.9 Å². The molecule has 0 fully saturated rings. The molecule has 25 heavy (non-hydrogen) atoms. The molecule has 0 spiro atoms. The van der Waals surface area contributed by atoms with E-state index in [1.807, 2.05) is 25.7 Å². The second-order valence-corrected chi connectivity index (χ2v) is 9.75. The fraction of sp³-hybridized carbons (Fsp3) is 0.667.